The Kier molecular flexibility index (Phi) is 5.35. The molecule has 1 fully saturated rings. The molecular formula is C22H22N6O2S. The Morgan fingerprint density at radius 3 is 2.55 bits per heavy atom. The van der Waals surface area contributed by atoms with E-state index < -0.39 is 6.10 Å². The quantitative estimate of drug-likeness (QED) is 0.519. The molecule has 0 bridgehead atoms. The molecule has 1 aliphatic rings. The zero-order valence-electron chi connectivity index (χ0n) is 16.8. The molecule has 4 aromatic rings. The first-order valence-electron chi connectivity index (χ1n) is 10.2. The van der Waals surface area contributed by atoms with E-state index in [0.717, 1.165) is 29.3 Å². The molecule has 1 atom stereocenters. The normalized spacial score (nSPS) is 15.4. The van der Waals surface area contributed by atoms with Gasteiger partial charge in [0.15, 0.2) is 5.13 Å². The largest absolute Gasteiger partial charge is 0.382 e. The lowest BCUT2D eigenvalue weighted by atomic mass is 10.1. The summed E-state index contributed by atoms with van der Waals surface area (Å²) in [6, 6.07) is 17.4. The van der Waals surface area contributed by atoms with Crippen LogP contribution in [0.5, 0.6) is 0 Å². The van der Waals surface area contributed by atoms with E-state index in [-0.39, 0.29) is 12.5 Å². The van der Waals surface area contributed by atoms with Gasteiger partial charge in [0.2, 0.25) is 5.91 Å². The summed E-state index contributed by atoms with van der Waals surface area (Å²) in [5, 5.41) is 19.5. The van der Waals surface area contributed by atoms with Crippen molar-refractivity contribution in [2.24, 2.45) is 0 Å². The van der Waals surface area contributed by atoms with Gasteiger partial charge in [0, 0.05) is 26.2 Å². The van der Waals surface area contributed by atoms with Gasteiger partial charge in [0.25, 0.3) is 0 Å². The van der Waals surface area contributed by atoms with Crippen molar-refractivity contribution in [1.82, 2.24) is 24.9 Å². The summed E-state index contributed by atoms with van der Waals surface area (Å²) in [7, 11) is 0. The predicted molar refractivity (Wildman–Crippen MR) is 119 cm³/mol. The van der Waals surface area contributed by atoms with Gasteiger partial charge in [-0.15, -0.1) is 5.10 Å². The Morgan fingerprint density at radius 1 is 1.03 bits per heavy atom. The number of benzene rings is 2. The number of aliphatic hydroxyl groups is 1. The van der Waals surface area contributed by atoms with Crippen molar-refractivity contribution in [2.45, 2.75) is 12.6 Å². The van der Waals surface area contributed by atoms with Crippen LogP contribution in [0.15, 0.2) is 60.8 Å². The van der Waals surface area contributed by atoms with Crippen molar-refractivity contribution in [3.8, 4) is 0 Å². The van der Waals surface area contributed by atoms with Gasteiger partial charge in [-0.1, -0.05) is 59.0 Å². The number of thiazole rings is 1. The van der Waals surface area contributed by atoms with E-state index in [0.29, 0.717) is 18.8 Å². The number of anilines is 1. The molecule has 9 heteroatoms. The lowest BCUT2D eigenvalue weighted by Gasteiger charge is -2.34. The van der Waals surface area contributed by atoms with E-state index in [9.17, 15) is 9.90 Å². The molecule has 0 aliphatic carbocycles. The Labute approximate surface area is 183 Å². The number of nitrogens with zero attached hydrogens (tertiary/aromatic N) is 6. The average molecular weight is 435 g/mol. The Bertz CT molecular complexity index is 1150. The number of aromatic nitrogens is 4. The van der Waals surface area contributed by atoms with Gasteiger partial charge in [0.05, 0.1) is 16.4 Å². The molecule has 31 heavy (non-hydrogen) atoms. The molecule has 1 saturated heterocycles. The second-order valence-corrected chi connectivity index (χ2v) is 8.50. The molecule has 3 heterocycles. The zero-order chi connectivity index (χ0) is 21.2. The van der Waals surface area contributed by atoms with Crippen LogP contribution in [0.4, 0.5) is 5.13 Å². The predicted octanol–water partition coefficient (Wildman–Crippen LogP) is 2.32. The number of hydrogen-bond donors (Lipinski definition) is 1. The smallest absolute Gasteiger partial charge is 0.244 e. The van der Waals surface area contributed by atoms with Gasteiger partial charge < -0.3 is 14.9 Å². The van der Waals surface area contributed by atoms with Crippen LogP contribution in [0.3, 0.4) is 0 Å². The highest BCUT2D eigenvalue weighted by molar-refractivity contribution is 7.22. The number of aliphatic hydroxyl groups excluding tert-OH is 1. The maximum atomic E-state index is 12.7. The summed E-state index contributed by atoms with van der Waals surface area (Å²) in [5.74, 6) is -0.00500. The van der Waals surface area contributed by atoms with Crippen molar-refractivity contribution < 1.29 is 9.90 Å². The molecule has 0 saturated carbocycles. The van der Waals surface area contributed by atoms with E-state index in [1.165, 1.54) is 9.38 Å². The van der Waals surface area contributed by atoms with Crippen LogP contribution in [0.1, 0.15) is 17.4 Å². The molecule has 1 aliphatic heterocycles. The summed E-state index contributed by atoms with van der Waals surface area (Å²) < 4.78 is 2.67. The van der Waals surface area contributed by atoms with Gasteiger partial charge in [-0.05, 0) is 17.7 Å². The third-order valence-corrected chi connectivity index (χ3v) is 6.53. The molecule has 8 nitrogen and oxygen atoms in total. The second-order valence-electron chi connectivity index (χ2n) is 7.49. The molecule has 5 rings (SSSR count). The van der Waals surface area contributed by atoms with Crippen LogP contribution in [-0.4, -0.2) is 62.1 Å². The first-order valence-corrected chi connectivity index (χ1v) is 11.0. The first-order chi connectivity index (χ1) is 15.2. The minimum Gasteiger partial charge on any atom is -0.382 e. The zero-order valence-corrected chi connectivity index (χ0v) is 17.6. The number of amides is 1. The molecule has 1 amide bonds. The van der Waals surface area contributed by atoms with Crippen LogP contribution in [-0.2, 0) is 11.3 Å². The molecule has 158 valence electrons. The lowest BCUT2D eigenvalue weighted by Crippen LogP contribution is -2.49. The fourth-order valence-corrected chi connectivity index (χ4v) is 4.72. The highest BCUT2D eigenvalue weighted by Gasteiger charge is 2.24. The van der Waals surface area contributed by atoms with Gasteiger partial charge >= 0.3 is 0 Å². The highest BCUT2D eigenvalue weighted by atomic mass is 32.1. The van der Waals surface area contributed by atoms with Gasteiger partial charge in [-0.25, -0.2) is 9.67 Å². The van der Waals surface area contributed by atoms with Crippen LogP contribution in [0.25, 0.3) is 10.2 Å². The van der Waals surface area contributed by atoms with E-state index in [1.807, 2.05) is 53.4 Å². The fraction of sp³-hybridized carbons (Fsp3) is 0.273. The minimum absolute atomic E-state index is 0.00500. The van der Waals surface area contributed by atoms with Crippen LogP contribution >= 0.6 is 11.3 Å². The molecule has 2 aromatic heterocycles. The van der Waals surface area contributed by atoms with E-state index >= 15 is 0 Å². The van der Waals surface area contributed by atoms with Gasteiger partial charge in [-0.3, -0.25) is 4.79 Å². The topological polar surface area (TPSA) is 87.4 Å². The maximum absolute atomic E-state index is 12.7. The highest BCUT2D eigenvalue weighted by Crippen LogP contribution is 2.29. The number of hydrogen-bond acceptors (Lipinski definition) is 7. The summed E-state index contributed by atoms with van der Waals surface area (Å²) in [5.41, 5.74) is 2.19. The fourth-order valence-electron chi connectivity index (χ4n) is 3.70. The number of rotatable bonds is 5. The molecule has 0 radical (unpaired) electrons. The lowest BCUT2D eigenvalue weighted by molar-refractivity contribution is -0.132. The summed E-state index contributed by atoms with van der Waals surface area (Å²) in [4.78, 5) is 21.5. The Hall–Kier alpha value is -3.30. The molecule has 1 N–H and O–H groups in total. The number of carbonyl (C=O) groups excluding carboxylic acids is 1. The third kappa shape index (κ3) is 4.14. The monoisotopic (exact) mass is 434 g/mol. The van der Waals surface area contributed by atoms with E-state index in [1.54, 1.807) is 17.5 Å². The molecule has 0 spiro atoms. The second kappa shape index (κ2) is 8.44. The van der Waals surface area contributed by atoms with Crippen molar-refractivity contribution in [3.63, 3.8) is 0 Å². The minimum atomic E-state index is -0.859. The summed E-state index contributed by atoms with van der Waals surface area (Å²) >= 11 is 1.68. The van der Waals surface area contributed by atoms with E-state index in [2.05, 4.69) is 21.3 Å². The Balaban J connectivity index is 1.18. The van der Waals surface area contributed by atoms with Gasteiger partial charge in [0.1, 0.15) is 18.3 Å². The third-order valence-electron chi connectivity index (χ3n) is 5.43. The van der Waals surface area contributed by atoms with E-state index in [4.69, 9.17) is 4.98 Å². The SMILES string of the molecule is O=C(Cn1cc(C(O)c2ccccc2)nn1)N1CCN(c2nc3ccccc3s2)CC1. The number of para-hydroxylation sites is 1. The summed E-state index contributed by atoms with van der Waals surface area (Å²) in [6.07, 6.45) is 0.773. The standard InChI is InChI=1S/C22H22N6O2S/c29-20(15-28-14-18(24-25-28)21(30)16-6-2-1-3-7-16)26-10-12-27(13-11-26)22-23-17-8-4-5-9-19(17)31-22/h1-9,14,21,30H,10-13,15H2. The van der Waals surface area contributed by atoms with Crippen LogP contribution < -0.4 is 4.90 Å². The molecular weight excluding hydrogens is 412 g/mol. The molecule has 2 aromatic carbocycles. The number of carbonyl (C=O) groups is 1. The van der Waals surface area contributed by atoms with Gasteiger partial charge in [-0.2, -0.15) is 0 Å². The Morgan fingerprint density at radius 2 is 1.77 bits per heavy atom. The van der Waals surface area contributed by atoms with Crippen LogP contribution in [0, 0.1) is 0 Å². The number of fused-ring (bicyclic) bond motifs is 1. The van der Waals surface area contributed by atoms with Crippen LogP contribution in [0.2, 0.25) is 0 Å². The average Bonchev–Trinajstić information content (AvgIpc) is 3.46. The van der Waals surface area contributed by atoms with Crippen molar-refractivity contribution in [2.75, 3.05) is 31.1 Å². The van der Waals surface area contributed by atoms with Crippen molar-refractivity contribution >= 4 is 32.6 Å². The first kappa shape index (κ1) is 19.7. The van der Waals surface area contributed by atoms with Crippen molar-refractivity contribution in [1.29, 1.82) is 0 Å². The number of piperazine rings is 1. The maximum Gasteiger partial charge on any atom is 0.244 e. The molecule has 1 unspecified atom stereocenters. The summed E-state index contributed by atoms with van der Waals surface area (Å²) in [6.45, 7) is 2.89. The van der Waals surface area contributed by atoms with Crippen molar-refractivity contribution in [3.05, 3.63) is 72.1 Å².